The minimum atomic E-state index is -0.447. The molecule has 1 aliphatic heterocycles. The maximum Gasteiger partial charge on any atom is 0.343 e. The van der Waals surface area contributed by atoms with E-state index in [1.54, 1.807) is 23.6 Å². The normalized spacial score (nSPS) is 15.2. The molecule has 1 aliphatic rings. The third-order valence-corrected chi connectivity index (χ3v) is 4.73. The van der Waals surface area contributed by atoms with Crippen molar-refractivity contribution in [2.75, 3.05) is 37.5 Å². The van der Waals surface area contributed by atoms with Crippen molar-refractivity contribution in [2.24, 2.45) is 0 Å². The third-order valence-electron chi connectivity index (χ3n) is 4.02. The van der Waals surface area contributed by atoms with E-state index in [1.165, 1.54) is 14.2 Å². The number of hydrogen-bond acceptors (Lipinski definition) is 8. The van der Waals surface area contributed by atoms with E-state index in [0.717, 1.165) is 36.9 Å². The van der Waals surface area contributed by atoms with E-state index in [2.05, 4.69) is 20.2 Å². The zero-order valence-corrected chi connectivity index (χ0v) is 14.5. The number of piperidine rings is 1. The highest BCUT2D eigenvalue weighted by atomic mass is 32.1. The molecule has 0 aromatic carbocycles. The quantitative estimate of drug-likeness (QED) is 0.832. The Morgan fingerprint density at radius 1 is 1.33 bits per heavy atom. The highest BCUT2D eigenvalue weighted by Gasteiger charge is 2.22. The fraction of sp³-hybridized carbons (Fsp3) is 0.438. The van der Waals surface area contributed by atoms with Crippen LogP contribution in [0, 0.1) is 0 Å². The summed E-state index contributed by atoms with van der Waals surface area (Å²) in [6.07, 6.45) is 3.81. The fourth-order valence-electron chi connectivity index (χ4n) is 2.75. The molecule has 0 bridgehead atoms. The first-order valence-electron chi connectivity index (χ1n) is 7.75. The Morgan fingerprint density at radius 2 is 2.12 bits per heavy atom. The highest BCUT2D eigenvalue weighted by molar-refractivity contribution is 7.13. The van der Waals surface area contributed by atoms with Crippen LogP contribution in [0.5, 0.6) is 5.88 Å². The number of pyridine rings is 1. The van der Waals surface area contributed by atoms with Crippen LogP contribution in [0.25, 0.3) is 0 Å². The minimum absolute atomic E-state index is 0.294. The number of carbonyl (C=O) groups excluding carboxylic acids is 1. The molecule has 0 spiro atoms. The van der Waals surface area contributed by atoms with Crippen molar-refractivity contribution in [3.63, 3.8) is 0 Å². The van der Waals surface area contributed by atoms with Crippen LogP contribution in [-0.4, -0.2) is 49.3 Å². The Hall–Kier alpha value is -2.35. The van der Waals surface area contributed by atoms with Crippen molar-refractivity contribution in [2.45, 2.75) is 18.9 Å². The van der Waals surface area contributed by atoms with E-state index in [9.17, 15) is 4.79 Å². The standard InChI is InChI=1S/C16H20N4O3S/c1-22-14-12(15(21)23-2)3-4-13(19-14)20-8-5-11(6-9-20)18-16-17-7-10-24-16/h3-4,7,10-11H,5-6,8-9H2,1-2H3,(H,17,18). The molecular weight excluding hydrogens is 328 g/mol. The number of thiazole rings is 1. The average molecular weight is 348 g/mol. The molecule has 0 radical (unpaired) electrons. The second-order valence-electron chi connectivity index (χ2n) is 5.46. The zero-order chi connectivity index (χ0) is 16.9. The first-order valence-corrected chi connectivity index (χ1v) is 8.63. The van der Waals surface area contributed by atoms with Gasteiger partial charge in [0, 0.05) is 30.7 Å². The number of esters is 1. The van der Waals surface area contributed by atoms with Gasteiger partial charge in [0.05, 0.1) is 14.2 Å². The predicted molar refractivity (Wildman–Crippen MR) is 93.1 cm³/mol. The molecule has 2 aromatic rings. The Balaban J connectivity index is 1.64. The van der Waals surface area contributed by atoms with Gasteiger partial charge >= 0.3 is 5.97 Å². The summed E-state index contributed by atoms with van der Waals surface area (Å²) < 4.78 is 9.98. The van der Waals surface area contributed by atoms with Crippen molar-refractivity contribution in [1.29, 1.82) is 0 Å². The van der Waals surface area contributed by atoms with E-state index in [1.807, 2.05) is 11.4 Å². The van der Waals surface area contributed by atoms with Crippen LogP contribution < -0.4 is 15.0 Å². The highest BCUT2D eigenvalue weighted by Crippen LogP contribution is 2.25. The molecule has 1 saturated heterocycles. The van der Waals surface area contributed by atoms with Gasteiger partial charge in [-0.25, -0.2) is 9.78 Å². The van der Waals surface area contributed by atoms with Crippen molar-refractivity contribution < 1.29 is 14.3 Å². The lowest BCUT2D eigenvalue weighted by Gasteiger charge is -2.33. The van der Waals surface area contributed by atoms with Gasteiger partial charge in [-0.2, -0.15) is 4.98 Å². The average Bonchev–Trinajstić information content (AvgIpc) is 3.14. The summed E-state index contributed by atoms with van der Waals surface area (Å²) in [5.74, 6) is 0.659. The number of methoxy groups -OCH3 is 2. The molecular formula is C16H20N4O3S. The Labute approximate surface area is 144 Å². The van der Waals surface area contributed by atoms with Crippen LogP contribution in [-0.2, 0) is 4.74 Å². The zero-order valence-electron chi connectivity index (χ0n) is 13.7. The van der Waals surface area contributed by atoms with E-state index >= 15 is 0 Å². The van der Waals surface area contributed by atoms with Crippen molar-refractivity contribution >= 4 is 28.3 Å². The monoisotopic (exact) mass is 348 g/mol. The Kier molecular flexibility index (Phi) is 5.14. The molecule has 128 valence electrons. The number of nitrogens with zero attached hydrogens (tertiary/aromatic N) is 3. The topological polar surface area (TPSA) is 76.6 Å². The third kappa shape index (κ3) is 3.59. The number of anilines is 2. The summed E-state index contributed by atoms with van der Waals surface area (Å²) in [6, 6.07) is 3.96. The van der Waals surface area contributed by atoms with Gasteiger partial charge in [0.25, 0.3) is 0 Å². The second-order valence-corrected chi connectivity index (χ2v) is 6.36. The molecule has 3 rings (SSSR count). The van der Waals surface area contributed by atoms with E-state index in [0.29, 0.717) is 17.5 Å². The summed E-state index contributed by atoms with van der Waals surface area (Å²) in [5.41, 5.74) is 0.337. The van der Waals surface area contributed by atoms with E-state index < -0.39 is 5.97 Å². The number of hydrogen-bond donors (Lipinski definition) is 1. The summed E-state index contributed by atoms with van der Waals surface area (Å²) in [4.78, 5) is 22.6. The lowest BCUT2D eigenvalue weighted by Crippen LogP contribution is -2.39. The van der Waals surface area contributed by atoms with Crippen LogP contribution in [0.4, 0.5) is 10.9 Å². The molecule has 8 heteroatoms. The van der Waals surface area contributed by atoms with Crippen molar-refractivity contribution in [1.82, 2.24) is 9.97 Å². The molecule has 1 N–H and O–H groups in total. The lowest BCUT2D eigenvalue weighted by molar-refractivity contribution is 0.0596. The summed E-state index contributed by atoms with van der Waals surface area (Å²) in [6.45, 7) is 1.77. The van der Waals surface area contributed by atoms with Crippen LogP contribution in [0.3, 0.4) is 0 Å². The molecule has 1 fully saturated rings. The number of carbonyl (C=O) groups is 1. The maximum absolute atomic E-state index is 11.7. The predicted octanol–water partition coefficient (Wildman–Crippen LogP) is 2.41. The molecule has 0 amide bonds. The van der Waals surface area contributed by atoms with Crippen LogP contribution >= 0.6 is 11.3 Å². The van der Waals surface area contributed by atoms with Crippen molar-refractivity contribution in [3.8, 4) is 5.88 Å². The van der Waals surface area contributed by atoms with Crippen LogP contribution in [0.15, 0.2) is 23.7 Å². The van der Waals surface area contributed by atoms with Crippen molar-refractivity contribution in [3.05, 3.63) is 29.3 Å². The lowest BCUT2D eigenvalue weighted by atomic mass is 10.1. The SMILES string of the molecule is COC(=O)c1ccc(N2CCC(Nc3nccs3)CC2)nc1OC. The molecule has 0 unspecified atom stereocenters. The molecule has 0 atom stereocenters. The van der Waals surface area contributed by atoms with E-state index in [4.69, 9.17) is 9.47 Å². The van der Waals surface area contributed by atoms with Gasteiger partial charge in [0.15, 0.2) is 5.13 Å². The van der Waals surface area contributed by atoms with Gasteiger partial charge in [-0.3, -0.25) is 0 Å². The van der Waals surface area contributed by atoms with Gasteiger partial charge in [-0.05, 0) is 25.0 Å². The number of ether oxygens (including phenoxy) is 2. The van der Waals surface area contributed by atoms with Gasteiger partial charge in [-0.1, -0.05) is 0 Å². The molecule has 0 saturated carbocycles. The largest absolute Gasteiger partial charge is 0.480 e. The van der Waals surface area contributed by atoms with E-state index in [-0.39, 0.29) is 0 Å². The Morgan fingerprint density at radius 3 is 2.75 bits per heavy atom. The number of nitrogens with one attached hydrogen (secondary N) is 1. The van der Waals surface area contributed by atoms with Gasteiger partial charge in [0.1, 0.15) is 11.4 Å². The van der Waals surface area contributed by atoms with Crippen LogP contribution in [0.2, 0.25) is 0 Å². The summed E-state index contributed by atoms with van der Waals surface area (Å²) in [7, 11) is 2.85. The molecule has 7 nitrogen and oxygen atoms in total. The smallest absolute Gasteiger partial charge is 0.343 e. The summed E-state index contributed by atoms with van der Waals surface area (Å²) in [5, 5.41) is 6.40. The molecule has 24 heavy (non-hydrogen) atoms. The van der Waals surface area contributed by atoms with Gasteiger partial charge < -0.3 is 19.7 Å². The first kappa shape index (κ1) is 16.5. The molecule has 0 aliphatic carbocycles. The summed E-state index contributed by atoms with van der Waals surface area (Å²) >= 11 is 1.62. The number of rotatable bonds is 5. The first-order chi connectivity index (χ1) is 11.7. The van der Waals surface area contributed by atoms with Crippen LogP contribution in [0.1, 0.15) is 23.2 Å². The minimum Gasteiger partial charge on any atom is -0.480 e. The fourth-order valence-corrected chi connectivity index (χ4v) is 3.36. The Bertz CT molecular complexity index is 685. The second kappa shape index (κ2) is 7.48. The van der Waals surface area contributed by atoms with Gasteiger partial charge in [-0.15, -0.1) is 11.3 Å². The van der Waals surface area contributed by atoms with Gasteiger partial charge in [0.2, 0.25) is 5.88 Å². The molecule has 2 aromatic heterocycles. The number of aromatic nitrogens is 2. The maximum atomic E-state index is 11.7. The molecule has 3 heterocycles.